The van der Waals surface area contributed by atoms with Crippen LogP contribution in [0, 0.1) is 0 Å². The van der Waals surface area contributed by atoms with Crippen molar-refractivity contribution in [3.8, 4) is 11.5 Å². The van der Waals surface area contributed by atoms with Crippen LogP contribution in [0.15, 0.2) is 36.9 Å². The number of carboxylic acid groups (broad SMARTS) is 1. The zero-order valence-electron chi connectivity index (χ0n) is 9.55. The van der Waals surface area contributed by atoms with Crippen LogP contribution in [-0.4, -0.2) is 24.8 Å². The van der Waals surface area contributed by atoms with Crippen LogP contribution < -0.4 is 9.47 Å². The third-order valence-corrected chi connectivity index (χ3v) is 1.96. The third-order valence-electron chi connectivity index (χ3n) is 1.96. The Kier molecular flexibility index (Phi) is 4.81. The highest BCUT2D eigenvalue weighted by Gasteiger charge is 2.03. The number of benzene rings is 1. The number of ether oxygens (including phenoxy) is 2. The van der Waals surface area contributed by atoms with Crippen LogP contribution in [0.5, 0.6) is 11.5 Å². The van der Waals surface area contributed by atoms with Gasteiger partial charge in [-0.05, 0) is 23.8 Å². The van der Waals surface area contributed by atoms with E-state index in [1.165, 1.54) is 13.2 Å². The largest absolute Gasteiger partial charge is 0.493 e. The van der Waals surface area contributed by atoms with Crippen LogP contribution in [-0.2, 0) is 4.79 Å². The maximum atomic E-state index is 10.4. The Labute approximate surface area is 99.8 Å². The van der Waals surface area contributed by atoms with Gasteiger partial charge in [0.1, 0.15) is 6.61 Å². The first-order valence-corrected chi connectivity index (χ1v) is 5.00. The summed E-state index contributed by atoms with van der Waals surface area (Å²) in [6, 6.07) is 5.18. The van der Waals surface area contributed by atoms with E-state index < -0.39 is 5.97 Å². The van der Waals surface area contributed by atoms with Gasteiger partial charge in [0.25, 0.3) is 0 Å². The van der Waals surface area contributed by atoms with Gasteiger partial charge in [-0.1, -0.05) is 18.7 Å². The summed E-state index contributed by atoms with van der Waals surface area (Å²) in [6.45, 7) is 3.94. The summed E-state index contributed by atoms with van der Waals surface area (Å²) in [5.74, 6) is 0.162. The van der Waals surface area contributed by atoms with Gasteiger partial charge in [0.15, 0.2) is 11.5 Å². The molecule has 0 saturated carbocycles. The second-order valence-electron chi connectivity index (χ2n) is 3.18. The normalized spacial score (nSPS) is 10.2. The molecule has 17 heavy (non-hydrogen) atoms. The van der Waals surface area contributed by atoms with Crippen molar-refractivity contribution in [3.63, 3.8) is 0 Å². The first-order chi connectivity index (χ1) is 8.17. The summed E-state index contributed by atoms with van der Waals surface area (Å²) in [7, 11) is 1.53. The van der Waals surface area contributed by atoms with Crippen molar-refractivity contribution >= 4 is 12.0 Å². The Morgan fingerprint density at radius 2 is 2.24 bits per heavy atom. The van der Waals surface area contributed by atoms with Crippen LogP contribution in [0.4, 0.5) is 0 Å². The molecule has 0 heterocycles. The molecule has 1 aromatic rings. The molecule has 1 aromatic carbocycles. The van der Waals surface area contributed by atoms with Gasteiger partial charge in [0, 0.05) is 6.08 Å². The van der Waals surface area contributed by atoms with Gasteiger partial charge in [0.05, 0.1) is 7.11 Å². The molecule has 0 fully saturated rings. The van der Waals surface area contributed by atoms with Crippen LogP contribution >= 0.6 is 0 Å². The van der Waals surface area contributed by atoms with Crippen LogP contribution in [0.3, 0.4) is 0 Å². The average molecular weight is 234 g/mol. The molecule has 0 aromatic heterocycles. The molecule has 0 unspecified atom stereocenters. The van der Waals surface area contributed by atoms with Crippen molar-refractivity contribution in [2.24, 2.45) is 0 Å². The SMILES string of the molecule is C=CCOc1ccc(C=CC(=O)O)cc1OC. The van der Waals surface area contributed by atoms with E-state index in [1.807, 2.05) is 0 Å². The van der Waals surface area contributed by atoms with Crippen LogP contribution in [0.1, 0.15) is 5.56 Å². The zero-order valence-corrected chi connectivity index (χ0v) is 9.55. The van der Waals surface area contributed by atoms with Gasteiger partial charge in [0.2, 0.25) is 0 Å². The van der Waals surface area contributed by atoms with E-state index >= 15 is 0 Å². The lowest BCUT2D eigenvalue weighted by Gasteiger charge is -2.09. The van der Waals surface area contributed by atoms with Gasteiger partial charge < -0.3 is 14.6 Å². The van der Waals surface area contributed by atoms with Crippen molar-refractivity contribution in [1.29, 1.82) is 0 Å². The van der Waals surface area contributed by atoms with Crippen molar-refractivity contribution in [2.45, 2.75) is 0 Å². The number of aliphatic carboxylic acids is 1. The minimum Gasteiger partial charge on any atom is -0.493 e. The quantitative estimate of drug-likeness (QED) is 0.606. The Balaban J connectivity index is 2.91. The van der Waals surface area contributed by atoms with Crippen molar-refractivity contribution in [3.05, 3.63) is 42.5 Å². The molecule has 0 spiro atoms. The van der Waals surface area contributed by atoms with E-state index in [9.17, 15) is 4.79 Å². The fourth-order valence-electron chi connectivity index (χ4n) is 1.22. The Morgan fingerprint density at radius 3 is 2.82 bits per heavy atom. The average Bonchev–Trinajstić information content (AvgIpc) is 2.34. The lowest BCUT2D eigenvalue weighted by Crippen LogP contribution is -1.96. The zero-order chi connectivity index (χ0) is 12.7. The standard InChI is InChI=1S/C13H14O4/c1-3-8-17-11-6-4-10(5-7-13(14)15)9-12(11)16-2/h3-7,9H,1,8H2,2H3,(H,14,15). The number of carbonyl (C=O) groups is 1. The van der Waals surface area contributed by atoms with Gasteiger partial charge in [-0.15, -0.1) is 0 Å². The topological polar surface area (TPSA) is 55.8 Å². The first-order valence-electron chi connectivity index (χ1n) is 5.00. The summed E-state index contributed by atoms with van der Waals surface area (Å²) in [5.41, 5.74) is 0.732. The molecular weight excluding hydrogens is 220 g/mol. The third kappa shape index (κ3) is 4.03. The summed E-state index contributed by atoms with van der Waals surface area (Å²) in [5, 5.41) is 8.52. The Hall–Kier alpha value is -2.23. The molecule has 90 valence electrons. The van der Waals surface area contributed by atoms with Crippen molar-refractivity contribution < 1.29 is 19.4 Å². The minimum atomic E-state index is -0.990. The number of rotatable bonds is 6. The Morgan fingerprint density at radius 1 is 1.47 bits per heavy atom. The number of methoxy groups -OCH3 is 1. The van der Waals surface area contributed by atoms with Crippen molar-refractivity contribution in [1.82, 2.24) is 0 Å². The van der Waals surface area contributed by atoms with E-state index in [1.54, 1.807) is 24.3 Å². The molecule has 0 atom stereocenters. The number of carboxylic acids is 1. The minimum absolute atomic E-state index is 0.390. The highest BCUT2D eigenvalue weighted by molar-refractivity contribution is 5.85. The summed E-state index contributed by atoms with van der Waals surface area (Å²) < 4.78 is 10.5. The maximum absolute atomic E-state index is 10.4. The van der Waals surface area contributed by atoms with Gasteiger partial charge >= 0.3 is 5.97 Å². The van der Waals surface area contributed by atoms with Gasteiger partial charge in [-0.2, -0.15) is 0 Å². The summed E-state index contributed by atoms with van der Waals surface area (Å²) >= 11 is 0. The fraction of sp³-hybridized carbons (Fsp3) is 0.154. The van der Waals surface area contributed by atoms with E-state index in [4.69, 9.17) is 14.6 Å². The van der Waals surface area contributed by atoms with E-state index in [-0.39, 0.29) is 0 Å². The molecule has 0 aliphatic carbocycles. The predicted octanol–water partition coefficient (Wildman–Crippen LogP) is 2.36. The van der Waals surface area contributed by atoms with Crippen molar-refractivity contribution in [2.75, 3.05) is 13.7 Å². The second-order valence-corrected chi connectivity index (χ2v) is 3.18. The molecule has 0 bridgehead atoms. The van der Waals surface area contributed by atoms with Gasteiger partial charge in [-0.25, -0.2) is 4.79 Å². The summed E-state index contributed by atoms with van der Waals surface area (Å²) in [6.07, 6.45) is 4.19. The molecule has 4 heteroatoms. The lowest BCUT2D eigenvalue weighted by molar-refractivity contribution is -0.131. The monoisotopic (exact) mass is 234 g/mol. The Bertz CT molecular complexity index is 435. The first kappa shape index (κ1) is 12.8. The molecule has 1 N–H and O–H groups in total. The van der Waals surface area contributed by atoms with E-state index in [0.29, 0.717) is 18.1 Å². The van der Waals surface area contributed by atoms with E-state index in [0.717, 1.165) is 11.6 Å². The number of hydrogen-bond acceptors (Lipinski definition) is 3. The molecule has 0 amide bonds. The van der Waals surface area contributed by atoms with Crippen LogP contribution in [0.2, 0.25) is 0 Å². The molecule has 0 radical (unpaired) electrons. The molecular formula is C13H14O4. The summed E-state index contributed by atoms with van der Waals surface area (Å²) in [4.78, 5) is 10.4. The predicted molar refractivity (Wildman–Crippen MR) is 65.4 cm³/mol. The molecule has 0 saturated heterocycles. The maximum Gasteiger partial charge on any atom is 0.328 e. The molecule has 0 aliphatic heterocycles. The highest BCUT2D eigenvalue weighted by Crippen LogP contribution is 2.28. The lowest BCUT2D eigenvalue weighted by atomic mass is 10.2. The number of hydrogen-bond donors (Lipinski definition) is 1. The smallest absolute Gasteiger partial charge is 0.328 e. The van der Waals surface area contributed by atoms with Crippen LogP contribution in [0.25, 0.3) is 6.08 Å². The van der Waals surface area contributed by atoms with Gasteiger partial charge in [-0.3, -0.25) is 0 Å². The van der Waals surface area contributed by atoms with E-state index in [2.05, 4.69) is 6.58 Å². The highest BCUT2D eigenvalue weighted by atomic mass is 16.5. The molecule has 0 aliphatic rings. The fourth-order valence-corrected chi connectivity index (χ4v) is 1.22. The molecule has 1 rings (SSSR count). The second kappa shape index (κ2) is 6.37. The molecule has 4 nitrogen and oxygen atoms in total.